The van der Waals surface area contributed by atoms with Gasteiger partial charge >= 0.3 is 0 Å². The van der Waals surface area contributed by atoms with E-state index in [1.807, 2.05) is 24.3 Å². The summed E-state index contributed by atoms with van der Waals surface area (Å²) in [5, 5.41) is 4.24. The first-order valence-corrected chi connectivity index (χ1v) is 8.48. The third-order valence-corrected chi connectivity index (χ3v) is 4.62. The van der Waals surface area contributed by atoms with Gasteiger partial charge in [-0.3, -0.25) is 0 Å². The first-order chi connectivity index (χ1) is 9.54. The molecule has 1 N–H and O–H groups in total. The van der Waals surface area contributed by atoms with Gasteiger partial charge < -0.3 is 5.32 Å². The predicted octanol–water partition coefficient (Wildman–Crippen LogP) is 5.75. The summed E-state index contributed by atoms with van der Waals surface area (Å²) in [6.07, 6.45) is 0. The number of benzene rings is 2. The van der Waals surface area contributed by atoms with Crippen molar-refractivity contribution >= 4 is 39.3 Å². The Morgan fingerprint density at radius 1 is 1.15 bits per heavy atom. The Morgan fingerprint density at radius 2 is 1.85 bits per heavy atom. The van der Waals surface area contributed by atoms with Crippen molar-refractivity contribution in [3.8, 4) is 0 Å². The lowest BCUT2D eigenvalue weighted by molar-refractivity contribution is 0.584. The molecule has 4 heteroatoms. The molecule has 0 aromatic heterocycles. The lowest BCUT2D eigenvalue weighted by Gasteiger charge is -2.13. The standard InChI is InChI=1S/C16H17BrClNS/c1-11(2)19-10-12-3-4-13(17)9-16(12)20-15-7-5-14(18)6-8-15/h3-9,11,19H,10H2,1-2H3. The summed E-state index contributed by atoms with van der Waals surface area (Å²) in [7, 11) is 0. The second-order valence-corrected chi connectivity index (χ2v) is 7.31. The highest BCUT2D eigenvalue weighted by molar-refractivity contribution is 9.10. The second kappa shape index (κ2) is 7.51. The molecule has 20 heavy (non-hydrogen) atoms. The molecule has 0 aliphatic rings. The highest BCUT2D eigenvalue weighted by Gasteiger charge is 2.06. The highest BCUT2D eigenvalue weighted by Crippen LogP contribution is 2.33. The van der Waals surface area contributed by atoms with Crippen LogP contribution in [-0.4, -0.2) is 6.04 Å². The maximum absolute atomic E-state index is 5.93. The van der Waals surface area contributed by atoms with Gasteiger partial charge in [0, 0.05) is 31.9 Å². The molecule has 2 rings (SSSR count). The van der Waals surface area contributed by atoms with E-state index in [1.165, 1.54) is 15.4 Å². The van der Waals surface area contributed by atoms with Crippen molar-refractivity contribution in [2.75, 3.05) is 0 Å². The Morgan fingerprint density at radius 3 is 2.50 bits per heavy atom. The zero-order valence-corrected chi connectivity index (χ0v) is 14.6. The number of hydrogen-bond donors (Lipinski definition) is 1. The summed E-state index contributed by atoms with van der Waals surface area (Å²) in [5.41, 5.74) is 1.31. The van der Waals surface area contributed by atoms with Gasteiger partial charge in [0.05, 0.1) is 0 Å². The molecule has 0 bridgehead atoms. The van der Waals surface area contributed by atoms with E-state index >= 15 is 0 Å². The highest BCUT2D eigenvalue weighted by atomic mass is 79.9. The molecule has 0 aliphatic carbocycles. The maximum atomic E-state index is 5.93. The van der Waals surface area contributed by atoms with E-state index in [4.69, 9.17) is 11.6 Å². The van der Waals surface area contributed by atoms with Gasteiger partial charge in [0.25, 0.3) is 0 Å². The first kappa shape index (κ1) is 15.9. The molecule has 0 atom stereocenters. The molecule has 0 fully saturated rings. The van der Waals surface area contributed by atoms with Crippen LogP contribution in [0.15, 0.2) is 56.7 Å². The minimum Gasteiger partial charge on any atom is -0.310 e. The van der Waals surface area contributed by atoms with Gasteiger partial charge in [-0.2, -0.15) is 0 Å². The van der Waals surface area contributed by atoms with Crippen LogP contribution in [0.5, 0.6) is 0 Å². The summed E-state index contributed by atoms with van der Waals surface area (Å²) in [6, 6.07) is 14.8. The topological polar surface area (TPSA) is 12.0 Å². The van der Waals surface area contributed by atoms with E-state index in [2.05, 4.69) is 53.3 Å². The number of hydrogen-bond acceptors (Lipinski definition) is 2. The van der Waals surface area contributed by atoms with Crippen molar-refractivity contribution in [1.29, 1.82) is 0 Å². The quantitative estimate of drug-likeness (QED) is 0.719. The lowest BCUT2D eigenvalue weighted by atomic mass is 10.2. The molecular formula is C16H17BrClNS. The average Bonchev–Trinajstić information content (AvgIpc) is 2.40. The van der Waals surface area contributed by atoms with Crippen LogP contribution < -0.4 is 5.32 Å². The summed E-state index contributed by atoms with van der Waals surface area (Å²) in [5.74, 6) is 0. The van der Waals surface area contributed by atoms with Crippen LogP contribution >= 0.6 is 39.3 Å². The molecule has 2 aromatic carbocycles. The Kier molecular flexibility index (Phi) is 5.97. The fourth-order valence-corrected chi connectivity index (χ4v) is 3.34. The van der Waals surface area contributed by atoms with E-state index in [0.717, 1.165) is 16.0 Å². The fraction of sp³-hybridized carbons (Fsp3) is 0.250. The van der Waals surface area contributed by atoms with Crippen molar-refractivity contribution in [2.24, 2.45) is 0 Å². The van der Waals surface area contributed by atoms with Crippen LogP contribution in [0.25, 0.3) is 0 Å². The number of halogens is 2. The smallest absolute Gasteiger partial charge is 0.0406 e. The number of nitrogens with one attached hydrogen (secondary N) is 1. The normalized spacial score (nSPS) is 11.1. The predicted molar refractivity (Wildman–Crippen MR) is 91.7 cm³/mol. The SMILES string of the molecule is CC(C)NCc1ccc(Br)cc1Sc1ccc(Cl)cc1. The fourth-order valence-electron chi connectivity index (χ4n) is 1.71. The third-order valence-electron chi connectivity index (χ3n) is 2.77. The first-order valence-electron chi connectivity index (χ1n) is 6.50. The van der Waals surface area contributed by atoms with Gasteiger partial charge in [-0.1, -0.05) is 59.2 Å². The summed E-state index contributed by atoms with van der Waals surface area (Å²) in [4.78, 5) is 2.45. The largest absolute Gasteiger partial charge is 0.310 e. The monoisotopic (exact) mass is 369 g/mol. The molecule has 1 nitrogen and oxygen atoms in total. The molecule has 0 spiro atoms. The van der Waals surface area contributed by atoms with Crippen LogP contribution in [-0.2, 0) is 6.54 Å². The van der Waals surface area contributed by atoms with E-state index in [1.54, 1.807) is 11.8 Å². The summed E-state index contributed by atoms with van der Waals surface area (Å²) in [6.45, 7) is 5.19. The Balaban J connectivity index is 2.20. The number of rotatable bonds is 5. The van der Waals surface area contributed by atoms with Crippen LogP contribution in [0.1, 0.15) is 19.4 Å². The molecule has 0 unspecified atom stereocenters. The van der Waals surface area contributed by atoms with Crippen molar-refractivity contribution in [3.05, 3.63) is 57.5 Å². The molecule has 0 aliphatic heterocycles. The molecule has 0 amide bonds. The lowest BCUT2D eigenvalue weighted by Crippen LogP contribution is -2.22. The zero-order chi connectivity index (χ0) is 14.5. The van der Waals surface area contributed by atoms with Gasteiger partial charge in [-0.05, 0) is 42.0 Å². The Hall–Kier alpha value is -0.480. The molecular weight excluding hydrogens is 354 g/mol. The van der Waals surface area contributed by atoms with Crippen LogP contribution in [0.4, 0.5) is 0 Å². The summed E-state index contributed by atoms with van der Waals surface area (Å²) < 4.78 is 1.10. The van der Waals surface area contributed by atoms with Gasteiger partial charge in [-0.15, -0.1) is 0 Å². The van der Waals surface area contributed by atoms with E-state index in [-0.39, 0.29) is 0 Å². The summed E-state index contributed by atoms with van der Waals surface area (Å²) >= 11 is 11.2. The van der Waals surface area contributed by atoms with Crippen LogP contribution in [0.2, 0.25) is 5.02 Å². The van der Waals surface area contributed by atoms with Gasteiger partial charge in [0.15, 0.2) is 0 Å². The van der Waals surface area contributed by atoms with Crippen molar-refractivity contribution in [2.45, 2.75) is 36.2 Å². The third kappa shape index (κ3) is 4.81. The zero-order valence-electron chi connectivity index (χ0n) is 11.5. The van der Waals surface area contributed by atoms with Crippen molar-refractivity contribution < 1.29 is 0 Å². The van der Waals surface area contributed by atoms with Crippen molar-refractivity contribution in [1.82, 2.24) is 5.32 Å². The van der Waals surface area contributed by atoms with Gasteiger partial charge in [0.1, 0.15) is 0 Å². The Labute approximate surface area is 138 Å². The molecule has 106 valence electrons. The van der Waals surface area contributed by atoms with E-state index < -0.39 is 0 Å². The average molecular weight is 371 g/mol. The molecule has 0 saturated carbocycles. The molecule has 2 aromatic rings. The van der Waals surface area contributed by atoms with Gasteiger partial charge in [-0.25, -0.2) is 0 Å². The van der Waals surface area contributed by atoms with Crippen LogP contribution in [0, 0.1) is 0 Å². The van der Waals surface area contributed by atoms with Crippen molar-refractivity contribution in [3.63, 3.8) is 0 Å². The second-order valence-electron chi connectivity index (χ2n) is 4.84. The minimum absolute atomic E-state index is 0.479. The minimum atomic E-state index is 0.479. The Bertz CT molecular complexity index is 569. The van der Waals surface area contributed by atoms with Crippen LogP contribution in [0.3, 0.4) is 0 Å². The molecule has 0 radical (unpaired) electrons. The van der Waals surface area contributed by atoms with E-state index in [0.29, 0.717) is 6.04 Å². The van der Waals surface area contributed by atoms with E-state index in [9.17, 15) is 0 Å². The maximum Gasteiger partial charge on any atom is 0.0406 e. The van der Waals surface area contributed by atoms with Gasteiger partial charge in [0.2, 0.25) is 0 Å². The molecule has 0 heterocycles. The molecule has 0 saturated heterocycles.